The molecule has 0 bridgehead atoms. The van der Waals surface area contributed by atoms with Crippen LogP contribution in [0.4, 0.5) is 26.3 Å². The Morgan fingerprint density at radius 3 is 1.01 bits per heavy atom. The summed E-state index contributed by atoms with van der Waals surface area (Å²) in [6, 6.07) is 33.1. The van der Waals surface area contributed by atoms with Crippen LogP contribution in [0.1, 0.15) is 168 Å². The van der Waals surface area contributed by atoms with Gasteiger partial charge in [0, 0.05) is 54.0 Å². The molecule has 3 aliphatic rings. The molecule has 508 valence electrons. The van der Waals surface area contributed by atoms with E-state index in [1.807, 2.05) is 0 Å². The lowest BCUT2D eigenvalue weighted by molar-refractivity contribution is -0.0522. The second kappa shape index (κ2) is 39.3. The Hall–Kier alpha value is -4.65. The van der Waals surface area contributed by atoms with Gasteiger partial charge in [-0.1, -0.05) is 86.1 Å². The molecule has 0 amide bonds. The minimum atomic E-state index is -6.09. The number of benzene rings is 6. The van der Waals surface area contributed by atoms with Gasteiger partial charge >= 0.3 is 11.0 Å². The average molecular weight is 1380 g/mol. The largest absolute Gasteiger partial charge is 0.741 e. The van der Waals surface area contributed by atoms with E-state index in [1.165, 1.54) is 115 Å². The van der Waals surface area contributed by atoms with E-state index in [-0.39, 0.29) is 0 Å². The fourth-order valence-electron chi connectivity index (χ4n) is 9.85. The third-order valence-corrected chi connectivity index (χ3v) is 22.5. The molecule has 3 aliphatic heterocycles. The molecule has 6 aromatic carbocycles. The minimum absolute atomic E-state index is 0.392. The predicted octanol–water partition coefficient (Wildman–Crippen LogP) is 18.8. The summed E-state index contributed by atoms with van der Waals surface area (Å²) in [5.74, 6) is 12.7. The lowest BCUT2D eigenvalue weighted by Crippen LogP contribution is -2.21. The van der Waals surface area contributed by atoms with E-state index in [9.17, 15) is 26.3 Å². The number of ether oxygens (including phenoxy) is 6. The van der Waals surface area contributed by atoms with Gasteiger partial charge in [0.1, 0.15) is 57.5 Å². The summed E-state index contributed by atoms with van der Waals surface area (Å²) in [7, 11) is -11.4. The molecule has 9 rings (SSSR count). The van der Waals surface area contributed by atoms with Crippen molar-refractivity contribution in [2.45, 2.75) is 183 Å². The van der Waals surface area contributed by atoms with Gasteiger partial charge in [-0.05, 0) is 179 Å². The lowest BCUT2D eigenvalue weighted by atomic mass is 9.99. The standard InChI is InChI=1S/C22H30O2S.2C22H31O2S.2CHF3O3S/c1-3-5-13-23-17-9-10-18-20(16-17)19(22-8-7-15-25-22)11-12-21(18)24-14-6-4-2;2*1-3-5-13-23-18-9-10-19-20(17-18)22(25-15-7-8-16-25)12-11-21(19)24-14-6-4-2;2*2-1(3,4)8(5,6)7/h9-12,16,22H,3-8,13-15H2,1-2H3;2*9-12,17H,3-8,13-16H2,1-2H3;2*(H,5,6,7)/q;2*+1;;/p-2. The molecule has 0 aliphatic carbocycles. The zero-order chi connectivity index (χ0) is 66.5. The predicted molar refractivity (Wildman–Crippen MR) is 359 cm³/mol. The Morgan fingerprint density at radius 2 is 0.714 bits per heavy atom. The van der Waals surface area contributed by atoms with Crippen molar-refractivity contribution in [2.75, 3.05) is 68.4 Å². The Kier molecular flexibility index (Phi) is 33.3. The summed E-state index contributed by atoms with van der Waals surface area (Å²) in [6.07, 6.45) is 21.6. The van der Waals surface area contributed by atoms with E-state index in [2.05, 4.69) is 144 Å². The first-order chi connectivity index (χ1) is 43.5. The molecule has 0 radical (unpaired) electrons. The summed E-state index contributed by atoms with van der Waals surface area (Å²) in [6.45, 7) is 18.0. The Bertz CT molecular complexity index is 3020. The smallest absolute Gasteiger partial charge is 0.485 e. The van der Waals surface area contributed by atoms with Crippen LogP contribution in [-0.2, 0) is 42.0 Å². The molecule has 23 heteroatoms. The van der Waals surface area contributed by atoms with Crippen molar-refractivity contribution in [3.8, 4) is 34.5 Å². The number of hydrogen-bond acceptors (Lipinski definition) is 13. The molecule has 0 aromatic heterocycles. The minimum Gasteiger partial charge on any atom is -0.741 e. The van der Waals surface area contributed by atoms with Crippen LogP contribution in [-0.4, -0.2) is 105 Å². The number of halogens is 6. The molecule has 6 aromatic rings. The van der Waals surface area contributed by atoms with E-state index >= 15 is 0 Å². The summed E-state index contributed by atoms with van der Waals surface area (Å²) in [5.41, 5.74) is -9.85. The summed E-state index contributed by atoms with van der Waals surface area (Å²) < 4.78 is 154. The van der Waals surface area contributed by atoms with Crippen LogP contribution in [0.25, 0.3) is 32.3 Å². The number of fused-ring (bicyclic) bond motifs is 3. The van der Waals surface area contributed by atoms with Crippen LogP contribution in [0.2, 0.25) is 0 Å². The number of hydrogen-bond donors (Lipinski definition) is 0. The van der Waals surface area contributed by atoms with Gasteiger partial charge in [0.2, 0.25) is 0 Å². The third-order valence-electron chi connectivity index (χ3n) is 14.9. The number of alkyl halides is 6. The summed E-state index contributed by atoms with van der Waals surface area (Å²) in [5, 5.41) is 8.32. The highest BCUT2D eigenvalue weighted by molar-refractivity contribution is 7.99. The first kappa shape index (κ1) is 77.1. The monoisotopic (exact) mass is 1370 g/mol. The van der Waals surface area contributed by atoms with E-state index in [4.69, 9.17) is 54.4 Å². The fraction of sp³-hybridized carbons (Fsp3) is 0.559. The van der Waals surface area contributed by atoms with Gasteiger partial charge in [-0.15, -0.1) is 0 Å². The van der Waals surface area contributed by atoms with Gasteiger partial charge in [-0.3, -0.25) is 0 Å². The Balaban J connectivity index is 0.000000221. The molecular formula is C68H92F6O12S5. The van der Waals surface area contributed by atoms with Crippen molar-refractivity contribution < 1.29 is 80.7 Å². The normalized spacial score (nSPS) is 15.4. The van der Waals surface area contributed by atoms with Gasteiger partial charge in [0.15, 0.2) is 30.0 Å². The lowest BCUT2D eigenvalue weighted by Gasteiger charge is -2.17. The van der Waals surface area contributed by atoms with E-state index in [0.717, 1.165) is 151 Å². The van der Waals surface area contributed by atoms with Gasteiger partial charge < -0.3 is 37.5 Å². The van der Waals surface area contributed by atoms with Crippen molar-refractivity contribution in [3.63, 3.8) is 0 Å². The quantitative estimate of drug-likeness (QED) is 0.0157. The van der Waals surface area contributed by atoms with Crippen LogP contribution in [0.3, 0.4) is 0 Å². The SMILES string of the molecule is CCCCOc1ccc2c(OCCCC)ccc(C3CCCS3)c2c1.CCCCOc1ccc2c(OCCCC)ccc([S+]3CCCC3)c2c1.CCCCOc1ccc2c(OCCCC)ccc([S+]3CCCC3)c2c1.O=S(=O)([O-])C(F)(F)F.O=S(=O)([O-])C(F)(F)F. The fourth-order valence-corrected chi connectivity index (χ4v) is 16.2. The molecule has 3 saturated heterocycles. The molecule has 0 N–H and O–H groups in total. The molecular weight excluding hydrogens is 1280 g/mol. The number of rotatable bonds is 27. The highest BCUT2D eigenvalue weighted by Crippen LogP contribution is 2.45. The van der Waals surface area contributed by atoms with Crippen molar-refractivity contribution in [1.82, 2.24) is 0 Å². The Morgan fingerprint density at radius 1 is 0.418 bits per heavy atom. The third kappa shape index (κ3) is 24.9. The second-order valence-corrected chi connectivity index (χ2v) is 30.7. The first-order valence-electron chi connectivity index (χ1n) is 32.0. The Labute approximate surface area is 546 Å². The van der Waals surface area contributed by atoms with Gasteiger partial charge in [0.05, 0.1) is 39.6 Å². The topological polar surface area (TPSA) is 170 Å². The molecule has 3 heterocycles. The highest BCUT2D eigenvalue weighted by atomic mass is 32.2. The van der Waals surface area contributed by atoms with Crippen molar-refractivity contribution in [3.05, 3.63) is 96.6 Å². The van der Waals surface area contributed by atoms with Crippen molar-refractivity contribution >= 4 is 86.1 Å². The average Bonchev–Trinajstić information content (AvgIpc) is 1.75. The maximum absolute atomic E-state index is 10.7. The van der Waals surface area contributed by atoms with Crippen molar-refractivity contribution in [2.24, 2.45) is 0 Å². The van der Waals surface area contributed by atoms with Gasteiger partial charge in [0.25, 0.3) is 0 Å². The van der Waals surface area contributed by atoms with Crippen LogP contribution < -0.4 is 28.4 Å². The molecule has 1 unspecified atom stereocenters. The van der Waals surface area contributed by atoms with E-state index < -0.39 is 31.3 Å². The number of unbranched alkanes of at least 4 members (excludes halogenated alkanes) is 6. The molecule has 3 fully saturated rings. The molecule has 12 nitrogen and oxygen atoms in total. The van der Waals surface area contributed by atoms with Crippen LogP contribution in [0, 0.1) is 0 Å². The van der Waals surface area contributed by atoms with Gasteiger partial charge in [-0.2, -0.15) is 38.1 Å². The van der Waals surface area contributed by atoms with Crippen LogP contribution >= 0.6 is 11.8 Å². The van der Waals surface area contributed by atoms with E-state index in [1.54, 1.807) is 0 Å². The molecule has 91 heavy (non-hydrogen) atoms. The zero-order valence-electron chi connectivity index (χ0n) is 53.5. The maximum Gasteiger partial charge on any atom is 0.485 e. The first-order valence-corrected chi connectivity index (χ1v) is 39.0. The molecule has 1 atom stereocenters. The van der Waals surface area contributed by atoms with E-state index in [0.29, 0.717) is 27.0 Å². The van der Waals surface area contributed by atoms with Gasteiger partial charge in [-0.25, -0.2) is 16.8 Å². The number of thioether (sulfide) groups is 1. The van der Waals surface area contributed by atoms with Crippen molar-refractivity contribution in [1.29, 1.82) is 0 Å². The summed E-state index contributed by atoms with van der Waals surface area (Å²) >= 11 is 2.08. The highest BCUT2D eigenvalue weighted by Gasteiger charge is 2.38. The van der Waals surface area contributed by atoms with Crippen LogP contribution in [0.5, 0.6) is 34.5 Å². The second-order valence-electron chi connectivity index (χ2n) is 22.1. The summed E-state index contributed by atoms with van der Waals surface area (Å²) in [4.78, 5) is 3.02. The molecule has 0 saturated carbocycles. The maximum atomic E-state index is 10.7. The zero-order valence-corrected chi connectivity index (χ0v) is 57.5. The van der Waals surface area contributed by atoms with Crippen LogP contribution in [0.15, 0.2) is 101 Å². The molecule has 0 spiro atoms.